The fraction of sp³-hybridized carbons (Fsp3) is 0.208. The van der Waals surface area contributed by atoms with Crippen molar-refractivity contribution in [2.75, 3.05) is 20.8 Å². The van der Waals surface area contributed by atoms with Gasteiger partial charge in [0, 0.05) is 11.6 Å². The van der Waals surface area contributed by atoms with E-state index < -0.39 is 17.8 Å². The molecule has 0 saturated heterocycles. The first-order valence-corrected chi connectivity index (χ1v) is 10.5. The predicted octanol–water partition coefficient (Wildman–Crippen LogP) is 5.94. The molecule has 0 bridgehead atoms. The molecule has 4 rings (SSSR count). The molecule has 0 saturated carbocycles. The molecule has 1 heterocycles. The molecule has 0 spiro atoms. The van der Waals surface area contributed by atoms with Crippen molar-refractivity contribution in [1.29, 1.82) is 0 Å². The van der Waals surface area contributed by atoms with Crippen LogP contribution in [0.15, 0.2) is 54.6 Å². The van der Waals surface area contributed by atoms with Crippen molar-refractivity contribution in [2.45, 2.75) is 12.5 Å². The molecule has 0 aliphatic carbocycles. The summed E-state index contributed by atoms with van der Waals surface area (Å²) >= 11 is 12.7. The zero-order chi connectivity index (χ0) is 22.1. The highest BCUT2D eigenvalue weighted by Crippen LogP contribution is 2.43. The minimum atomic E-state index is -0.659. The van der Waals surface area contributed by atoms with Gasteiger partial charge < -0.3 is 14.4 Å². The van der Waals surface area contributed by atoms with Crippen molar-refractivity contribution in [3.05, 3.63) is 92.7 Å². The Bertz CT molecular complexity index is 1130. The second-order valence-electron chi connectivity index (χ2n) is 7.18. The maximum Gasteiger partial charge on any atom is 0.259 e. The summed E-state index contributed by atoms with van der Waals surface area (Å²) in [5, 5.41) is 0.577. The second-order valence-corrected chi connectivity index (χ2v) is 7.99. The number of rotatable bonds is 4. The van der Waals surface area contributed by atoms with Crippen LogP contribution in [0.4, 0.5) is 4.39 Å². The van der Waals surface area contributed by atoms with Gasteiger partial charge in [-0.2, -0.15) is 0 Å². The number of carbonyl (C=O) groups is 1. The first-order valence-electron chi connectivity index (χ1n) is 9.70. The molecular formula is C24H20Cl2FNO3. The normalized spacial score (nSPS) is 15.4. The van der Waals surface area contributed by atoms with Gasteiger partial charge >= 0.3 is 0 Å². The van der Waals surface area contributed by atoms with Gasteiger partial charge in [0.15, 0.2) is 11.5 Å². The number of ether oxygens (including phenoxy) is 2. The Morgan fingerprint density at radius 2 is 1.65 bits per heavy atom. The third-order valence-corrected chi connectivity index (χ3v) is 6.17. The molecule has 1 aliphatic heterocycles. The second kappa shape index (κ2) is 8.77. The first-order chi connectivity index (χ1) is 15.0. The summed E-state index contributed by atoms with van der Waals surface area (Å²) < 4.78 is 25.5. The third kappa shape index (κ3) is 3.84. The van der Waals surface area contributed by atoms with Gasteiger partial charge in [-0.25, -0.2) is 4.39 Å². The molecule has 31 heavy (non-hydrogen) atoms. The Morgan fingerprint density at radius 1 is 0.968 bits per heavy atom. The highest BCUT2D eigenvalue weighted by atomic mass is 35.5. The van der Waals surface area contributed by atoms with Gasteiger partial charge in [-0.15, -0.1) is 0 Å². The molecular weight excluding hydrogens is 440 g/mol. The highest BCUT2D eigenvalue weighted by Gasteiger charge is 2.36. The van der Waals surface area contributed by atoms with E-state index in [-0.39, 0.29) is 10.6 Å². The number of benzene rings is 3. The minimum absolute atomic E-state index is 0.0704. The van der Waals surface area contributed by atoms with E-state index in [2.05, 4.69) is 0 Å². The standard InChI is InChI=1S/C24H20Cl2FNO3/c1-30-20-12-14-10-11-28(24(29)22-18(26)8-5-9-19(22)27)23(16(14)13-21(20)31-2)15-6-3-4-7-17(15)25/h3-9,12-13,23H,10-11H2,1-2H3/t23-/m1/s1. The van der Waals surface area contributed by atoms with Gasteiger partial charge in [0.2, 0.25) is 0 Å². The van der Waals surface area contributed by atoms with Crippen molar-refractivity contribution < 1.29 is 18.7 Å². The lowest BCUT2D eigenvalue weighted by atomic mass is 9.87. The minimum Gasteiger partial charge on any atom is -0.493 e. The summed E-state index contributed by atoms with van der Waals surface area (Å²) in [4.78, 5) is 15.1. The molecule has 4 nitrogen and oxygen atoms in total. The van der Waals surface area contributed by atoms with Crippen LogP contribution in [0.25, 0.3) is 0 Å². The van der Waals surface area contributed by atoms with Gasteiger partial charge in [0.25, 0.3) is 5.91 Å². The van der Waals surface area contributed by atoms with Crippen molar-refractivity contribution in [1.82, 2.24) is 4.90 Å². The summed E-state index contributed by atoms with van der Waals surface area (Å²) in [6, 6.07) is 14.7. The zero-order valence-corrected chi connectivity index (χ0v) is 18.5. The zero-order valence-electron chi connectivity index (χ0n) is 17.0. The summed E-state index contributed by atoms with van der Waals surface area (Å²) in [5.41, 5.74) is 2.44. The van der Waals surface area contributed by atoms with Crippen LogP contribution in [0, 0.1) is 5.82 Å². The lowest BCUT2D eigenvalue weighted by Crippen LogP contribution is -2.41. The van der Waals surface area contributed by atoms with Gasteiger partial charge in [0.1, 0.15) is 5.82 Å². The van der Waals surface area contributed by atoms with Crippen LogP contribution in [-0.2, 0) is 6.42 Å². The van der Waals surface area contributed by atoms with Crippen LogP contribution in [-0.4, -0.2) is 31.6 Å². The maximum absolute atomic E-state index is 14.6. The summed E-state index contributed by atoms with van der Waals surface area (Å²) in [5.74, 6) is -0.00502. The molecule has 0 unspecified atom stereocenters. The van der Waals surface area contributed by atoms with E-state index >= 15 is 0 Å². The Kier molecular flexibility index (Phi) is 6.08. The van der Waals surface area contributed by atoms with E-state index in [9.17, 15) is 9.18 Å². The Labute approximate surface area is 190 Å². The lowest BCUT2D eigenvalue weighted by molar-refractivity contribution is 0.0689. The summed E-state index contributed by atoms with van der Waals surface area (Å²) in [6.45, 7) is 0.363. The molecule has 0 N–H and O–H groups in total. The SMILES string of the molecule is COc1cc2c(cc1OC)[C@@H](c1ccccc1Cl)N(C(=O)c1c(F)cccc1Cl)CC2. The van der Waals surface area contributed by atoms with E-state index in [0.29, 0.717) is 29.5 Å². The van der Waals surface area contributed by atoms with E-state index in [0.717, 1.165) is 16.7 Å². The first kappa shape index (κ1) is 21.5. The molecule has 7 heteroatoms. The lowest BCUT2D eigenvalue weighted by Gasteiger charge is -2.38. The van der Waals surface area contributed by atoms with Crippen molar-refractivity contribution in [3.8, 4) is 11.5 Å². The number of hydrogen-bond acceptors (Lipinski definition) is 3. The summed E-state index contributed by atoms with van der Waals surface area (Å²) in [6.07, 6.45) is 0.564. The number of hydrogen-bond donors (Lipinski definition) is 0. The predicted molar refractivity (Wildman–Crippen MR) is 119 cm³/mol. The molecule has 3 aromatic carbocycles. The van der Waals surface area contributed by atoms with E-state index in [1.165, 1.54) is 18.2 Å². The number of halogens is 3. The summed E-state index contributed by atoms with van der Waals surface area (Å²) in [7, 11) is 3.13. The smallest absolute Gasteiger partial charge is 0.259 e. The topological polar surface area (TPSA) is 38.8 Å². The maximum atomic E-state index is 14.6. The number of carbonyl (C=O) groups excluding carboxylic acids is 1. The van der Waals surface area contributed by atoms with Crippen LogP contribution >= 0.6 is 23.2 Å². The van der Waals surface area contributed by atoms with E-state index in [4.69, 9.17) is 32.7 Å². The highest BCUT2D eigenvalue weighted by molar-refractivity contribution is 6.34. The quantitative estimate of drug-likeness (QED) is 0.484. The van der Waals surface area contributed by atoms with Gasteiger partial charge in [-0.3, -0.25) is 4.79 Å². The van der Waals surface area contributed by atoms with E-state index in [1.54, 1.807) is 25.2 Å². The molecule has 0 fully saturated rings. The molecule has 0 radical (unpaired) electrons. The number of nitrogens with zero attached hydrogens (tertiary/aromatic N) is 1. The van der Waals surface area contributed by atoms with Crippen LogP contribution < -0.4 is 9.47 Å². The molecule has 1 aliphatic rings. The van der Waals surface area contributed by atoms with Gasteiger partial charge in [-0.05, 0) is 53.4 Å². The van der Waals surface area contributed by atoms with Crippen LogP contribution in [0.3, 0.4) is 0 Å². The average Bonchev–Trinajstić information content (AvgIpc) is 2.77. The fourth-order valence-electron chi connectivity index (χ4n) is 4.04. The fourth-order valence-corrected chi connectivity index (χ4v) is 4.53. The Balaban J connectivity index is 1.91. The Morgan fingerprint density at radius 3 is 2.32 bits per heavy atom. The molecule has 1 amide bonds. The van der Waals surface area contributed by atoms with Crippen LogP contribution in [0.5, 0.6) is 11.5 Å². The molecule has 3 aromatic rings. The number of fused-ring (bicyclic) bond motifs is 1. The van der Waals surface area contributed by atoms with Gasteiger partial charge in [-0.1, -0.05) is 47.5 Å². The molecule has 160 valence electrons. The monoisotopic (exact) mass is 459 g/mol. The largest absolute Gasteiger partial charge is 0.493 e. The molecule has 0 aromatic heterocycles. The number of methoxy groups -OCH3 is 2. The van der Waals surface area contributed by atoms with Crippen molar-refractivity contribution >= 4 is 29.1 Å². The van der Waals surface area contributed by atoms with E-state index in [1.807, 2.05) is 30.3 Å². The van der Waals surface area contributed by atoms with Gasteiger partial charge in [0.05, 0.1) is 30.8 Å². The molecule has 1 atom stereocenters. The Hall–Kier alpha value is -2.76. The van der Waals surface area contributed by atoms with Crippen molar-refractivity contribution in [2.24, 2.45) is 0 Å². The third-order valence-electron chi connectivity index (χ3n) is 5.51. The van der Waals surface area contributed by atoms with Crippen LogP contribution in [0.1, 0.15) is 33.1 Å². The van der Waals surface area contributed by atoms with Crippen LogP contribution in [0.2, 0.25) is 10.0 Å². The number of amides is 1. The average molecular weight is 460 g/mol. The van der Waals surface area contributed by atoms with Crippen molar-refractivity contribution in [3.63, 3.8) is 0 Å².